The molecule has 2 N–H and O–H groups in total. The molecule has 3 nitrogen and oxygen atoms in total. The van der Waals surface area contributed by atoms with E-state index in [0.29, 0.717) is 12.0 Å². The Labute approximate surface area is 144 Å². The predicted molar refractivity (Wildman–Crippen MR) is 94.3 cm³/mol. The van der Waals surface area contributed by atoms with E-state index in [1.807, 2.05) is 0 Å². The zero-order valence-electron chi connectivity index (χ0n) is 14.1. The minimum atomic E-state index is -0.224. The van der Waals surface area contributed by atoms with Crippen LogP contribution in [-0.4, -0.2) is 24.5 Å². The highest BCUT2D eigenvalue weighted by Gasteiger charge is 2.27. The molecule has 23 heavy (non-hydrogen) atoms. The topological polar surface area (TPSA) is 41.1 Å². The van der Waals surface area contributed by atoms with Gasteiger partial charge in [-0.2, -0.15) is 0 Å². The lowest BCUT2D eigenvalue weighted by Gasteiger charge is -2.30. The average Bonchev–Trinajstić information content (AvgIpc) is 2.48. The molecule has 130 valence electrons. The molecule has 1 fully saturated rings. The number of hydrogen-bond acceptors (Lipinski definition) is 2. The molecule has 1 saturated heterocycles. The molecule has 3 atom stereocenters. The van der Waals surface area contributed by atoms with Crippen LogP contribution in [0.1, 0.15) is 39.2 Å². The monoisotopic (exact) mass is 342 g/mol. The molecule has 0 bridgehead atoms. The first kappa shape index (κ1) is 19.9. The zero-order chi connectivity index (χ0) is 16.1. The van der Waals surface area contributed by atoms with Crippen LogP contribution in [0.5, 0.6) is 0 Å². The molecule has 2 rings (SSSR count). The van der Waals surface area contributed by atoms with Gasteiger partial charge in [0.2, 0.25) is 5.91 Å². The van der Waals surface area contributed by atoms with Crippen LogP contribution in [0.25, 0.3) is 0 Å². The minimum Gasteiger partial charge on any atom is -0.353 e. The molecule has 1 amide bonds. The number of amides is 1. The number of hydrogen-bond donors (Lipinski definition) is 2. The molecular formula is C18H28ClFN2O. The molecule has 1 aromatic rings. The lowest BCUT2D eigenvalue weighted by Crippen LogP contribution is -2.47. The summed E-state index contributed by atoms with van der Waals surface area (Å²) in [6, 6.07) is 7.03. The lowest BCUT2D eigenvalue weighted by molar-refractivity contribution is -0.127. The van der Waals surface area contributed by atoms with E-state index in [2.05, 4.69) is 31.4 Å². The Kier molecular flexibility index (Phi) is 8.00. The van der Waals surface area contributed by atoms with E-state index < -0.39 is 0 Å². The van der Waals surface area contributed by atoms with Gasteiger partial charge < -0.3 is 10.6 Å². The van der Waals surface area contributed by atoms with E-state index in [0.717, 1.165) is 31.4 Å². The van der Waals surface area contributed by atoms with E-state index in [9.17, 15) is 9.18 Å². The Morgan fingerprint density at radius 1 is 1.35 bits per heavy atom. The van der Waals surface area contributed by atoms with Gasteiger partial charge in [0, 0.05) is 18.0 Å². The van der Waals surface area contributed by atoms with E-state index in [1.165, 1.54) is 12.1 Å². The Hall–Kier alpha value is -1.13. The smallest absolute Gasteiger partial charge is 0.223 e. The number of piperidine rings is 1. The van der Waals surface area contributed by atoms with Crippen LogP contribution in [0.4, 0.5) is 4.39 Å². The van der Waals surface area contributed by atoms with E-state index >= 15 is 0 Å². The fourth-order valence-corrected chi connectivity index (χ4v) is 3.00. The van der Waals surface area contributed by atoms with Crippen molar-refractivity contribution in [1.29, 1.82) is 0 Å². The van der Waals surface area contributed by atoms with Crippen LogP contribution in [-0.2, 0) is 11.2 Å². The van der Waals surface area contributed by atoms with Crippen molar-refractivity contribution < 1.29 is 9.18 Å². The Bertz CT molecular complexity index is 492. The number of halogens is 2. The van der Waals surface area contributed by atoms with E-state index in [4.69, 9.17) is 0 Å². The summed E-state index contributed by atoms with van der Waals surface area (Å²) in [5, 5.41) is 6.58. The molecule has 1 aliphatic rings. The van der Waals surface area contributed by atoms with Crippen molar-refractivity contribution in [3.63, 3.8) is 0 Å². The van der Waals surface area contributed by atoms with Crippen LogP contribution < -0.4 is 10.6 Å². The molecule has 1 heterocycles. The number of rotatable bonds is 5. The normalized spacial score (nSPS) is 22.3. The number of benzene rings is 1. The summed E-state index contributed by atoms with van der Waals surface area (Å²) in [7, 11) is 0. The zero-order valence-corrected chi connectivity index (χ0v) is 15.0. The summed E-state index contributed by atoms with van der Waals surface area (Å²) in [5.41, 5.74) is 1.05. The first-order chi connectivity index (χ1) is 10.5. The van der Waals surface area contributed by atoms with Gasteiger partial charge in [0.1, 0.15) is 5.82 Å². The summed E-state index contributed by atoms with van der Waals surface area (Å²) < 4.78 is 13.0. The maximum absolute atomic E-state index is 13.0. The highest BCUT2D eigenvalue weighted by molar-refractivity contribution is 5.85. The Morgan fingerprint density at radius 2 is 2.00 bits per heavy atom. The number of nitrogens with one attached hydrogen (secondary N) is 2. The molecule has 0 aliphatic carbocycles. The van der Waals surface area contributed by atoms with Gasteiger partial charge in [-0.1, -0.05) is 26.0 Å². The highest BCUT2D eigenvalue weighted by Crippen LogP contribution is 2.18. The number of carbonyl (C=O) groups is 1. The molecule has 0 aromatic heterocycles. The van der Waals surface area contributed by atoms with Crippen molar-refractivity contribution in [3.8, 4) is 0 Å². The third-order valence-electron chi connectivity index (χ3n) is 4.50. The Morgan fingerprint density at radius 3 is 2.57 bits per heavy atom. The van der Waals surface area contributed by atoms with Gasteiger partial charge in [-0.15, -0.1) is 12.4 Å². The maximum Gasteiger partial charge on any atom is 0.223 e. The SMILES string of the molecule is CC(C)C(Cc1ccc(F)cc1)NC(=O)[C@H]1CCN[C@@H](C)C1.Cl. The second kappa shape index (κ2) is 9.24. The maximum atomic E-state index is 13.0. The third-order valence-corrected chi connectivity index (χ3v) is 4.50. The third kappa shape index (κ3) is 6.11. The first-order valence-electron chi connectivity index (χ1n) is 8.24. The summed E-state index contributed by atoms with van der Waals surface area (Å²) in [6.07, 6.45) is 2.54. The molecular weight excluding hydrogens is 315 g/mol. The lowest BCUT2D eigenvalue weighted by atomic mass is 9.90. The largest absolute Gasteiger partial charge is 0.353 e. The van der Waals surface area contributed by atoms with Crippen LogP contribution in [0.3, 0.4) is 0 Å². The van der Waals surface area contributed by atoms with Crippen LogP contribution in [0.15, 0.2) is 24.3 Å². The van der Waals surface area contributed by atoms with Crippen molar-refractivity contribution in [3.05, 3.63) is 35.6 Å². The molecule has 1 aromatic carbocycles. The molecule has 0 radical (unpaired) electrons. The fourth-order valence-electron chi connectivity index (χ4n) is 3.00. The average molecular weight is 343 g/mol. The van der Waals surface area contributed by atoms with Gasteiger partial charge in [0.15, 0.2) is 0 Å². The van der Waals surface area contributed by atoms with E-state index in [-0.39, 0.29) is 36.1 Å². The predicted octanol–water partition coefficient (Wildman–Crippen LogP) is 3.32. The standard InChI is InChI=1S/C18H27FN2O.ClH/c1-12(2)17(11-14-4-6-16(19)7-5-14)21-18(22)15-8-9-20-13(3)10-15;/h4-7,12-13,15,17,20H,8-11H2,1-3H3,(H,21,22);1H/t13-,15-,17?;/m0./s1. The highest BCUT2D eigenvalue weighted by atomic mass is 35.5. The second-order valence-corrected chi connectivity index (χ2v) is 6.77. The van der Waals surface area contributed by atoms with Gasteiger partial charge in [-0.3, -0.25) is 4.79 Å². The van der Waals surface area contributed by atoms with Crippen LogP contribution in [0.2, 0.25) is 0 Å². The first-order valence-corrected chi connectivity index (χ1v) is 8.24. The molecule has 0 saturated carbocycles. The van der Waals surface area contributed by atoms with Crippen LogP contribution in [0, 0.1) is 17.7 Å². The summed E-state index contributed by atoms with van der Waals surface area (Å²) in [6.45, 7) is 7.25. The van der Waals surface area contributed by atoms with Gasteiger partial charge >= 0.3 is 0 Å². The molecule has 1 aliphatic heterocycles. The molecule has 5 heteroatoms. The van der Waals surface area contributed by atoms with Crippen molar-refractivity contribution >= 4 is 18.3 Å². The number of carbonyl (C=O) groups excluding carboxylic acids is 1. The fraction of sp³-hybridized carbons (Fsp3) is 0.611. The molecule has 1 unspecified atom stereocenters. The second-order valence-electron chi connectivity index (χ2n) is 6.77. The van der Waals surface area contributed by atoms with Gasteiger partial charge in [0.25, 0.3) is 0 Å². The van der Waals surface area contributed by atoms with Crippen molar-refractivity contribution in [2.75, 3.05) is 6.54 Å². The summed E-state index contributed by atoms with van der Waals surface area (Å²) in [5.74, 6) is 0.380. The van der Waals surface area contributed by atoms with Crippen molar-refractivity contribution in [2.24, 2.45) is 11.8 Å². The molecule has 0 spiro atoms. The summed E-state index contributed by atoms with van der Waals surface area (Å²) >= 11 is 0. The Balaban J connectivity index is 0.00000264. The minimum absolute atomic E-state index is 0. The van der Waals surface area contributed by atoms with Gasteiger partial charge in [-0.25, -0.2) is 4.39 Å². The van der Waals surface area contributed by atoms with Crippen LogP contribution >= 0.6 is 12.4 Å². The van der Waals surface area contributed by atoms with Gasteiger partial charge in [-0.05, 0) is 56.3 Å². The van der Waals surface area contributed by atoms with Gasteiger partial charge in [0.05, 0.1) is 0 Å². The van der Waals surface area contributed by atoms with E-state index in [1.54, 1.807) is 12.1 Å². The van der Waals surface area contributed by atoms with Crippen molar-refractivity contribution in [1.82, 2.24) is 10.6 Å². The van der Waals surface area contributed by atoms with Crippen molar-refractivity contribution in [2.45, 2.75) is 52.1 Å². The summed E-state index contributed by atoms with van der Waals surface area (Å²) in [4.78, 5) is 12.5. The quantitative estimate of drug-likeness (QED) is 0.861.